The van der Waals surface area contributed by atoms with Crippen LogP contribution < -0.4 is 16.0 Å². The maximum absolute atomic E-state index is 12.2. The summed E-state index contributed by atoms with van der Waals surface area (Å²) in [6.07, 6.45) is 4.02. The Morgan fingerprint density at radius 2 is 1.97 bits per heavy atom. The second-order valence-electron chi connectivity index (χ2n) is 8.23. The standard InChI is InChI=1S/C21H29N5O2.HI/c1-21(18(27)24-20(28)25-21)16-9-11-26(12-10-16)19(22-2)23-13-15-8-7-14-5-3-4-6-17(14)15;/h3-6,15-16H,7-13H2,1-2H3,(H,22,23)(H2,24,25,27,28);1H. The molecule has 0 saturated carbocycles. The fraction of sp³-hybridized carbons (Fsp3) is 0.571. The zero-order chi connectivity index (χ0) is 19.7. The number of piperidine rings is 1. The molecule has 1 aliphatic carbocycles. The number of likely N-dealkylation sites (tertiary alicyclic amines) is 1. The molecule has 29 heavy (non-hydrogen) atoms. The number of guanidine groups is 1. The predicted molar refractivity (Wildman–Crippen MR) is 124 cm³/mol. The van der Waals surface area contributed by atoms with Gasteiger partial charge in [-0.1, -0.05) is 24.3 Å². The van der Waals surface area contributed by atoms with Crippen molar-refractivity contribution in [1.82, 2.24) is 20.9 Å². The third-order valence-corrected chi connectivity index (χ3v) is 6.66. The monoisotopic (exact) mass is 511 g/mol. The SMILES string of the molecule is CN=C(NCC1CCc2ccccc21)N1CCC(C2(C)NC(=O)NC2=O)CC1.I. The van der Waals surface area contributed by atoms with Gasteiger partial charge in [0.2, 0.25) is 0 Å². The number of imide groups is 1. The van der Waals surface area contributed by atoms with Crippen LogP contribution in [0.4, 0.5) is 4.79 Å². The van der Waals surface area contributed by atoms with E-state index in [0.717, 1.165) is 44.9 Å². The minimum absolute atomic E-state index is 0. The van der Waals surface area contributed by atoms with Crippen LogP contribution in [-0.4, -0.2) is 55.0 Å². The molecule has 0 radical (unpaired) electrons. The smallest absolute Gasteiger partial charge is 0.322 e. The topological polar surface area (TPSA) is 85.8 Å². The van der Waals surface area contributed by atoms with Gasteiger partial charge in [-0.2, -0.15) is 0 Å². The first-order valence-electron chi connectivity index (χ1n) is 10.2. The van der Waals surface area contributed by atoms with Gasteiger partial charge in [-0.15, -0.1) is 24.0 Å². The van der Waals surface area contributed by atoms with Crippen LogP contribution >= 0.6 is 24.0 Å². The molecule has 3 amide bonds. The van der Waals surface area contributed by atoms with Crippen molar-refractivity contribution in [1.29, 1.82) is 0 Å². The van der Waals surface area contributed by atoms with Crippen molar-refractivity contribution >= 4 is 41.9 Å². The minimum atomic E-state index is -0.798. The molecule has 158 valence electrons. The van der Waals surface area contributed by atoms with E-state index in [-0.39, 0.29) is 41.8 Å². The van der Waals surface area contributed by atoms with Gasteiger partial charge in [0.15, 0.2) is 5.96 Å². The third-order valence-electron chi connectivity index (χ3n) is 6.66. The lowest BCUT2D eigenvalue weighted by Crippen LogP contribution is -2.55. The highest BCUT2D eigenvalue weighted by Gasteiger charge is 2.48. The van der Waals surface area contributed by atoms with Crippen molar-refractivity contribution < 1.29 is 9.59 Å². The summed E-state index contributed by atoms with van der Waals surface area (Å²) >= 11 is 0. The van der Waals surface area contributed by atoms with Crippen LogP contribution in [-0.2, 0) is 11.2 Å². The number of nitrogens with one attached hydrogen (secondary N) is 3. The van der Waals surface area contributed by atoms with Gasteiger partial charge >= 0.3 is 6.03 Å². The van der Waals surface area contributed by atoms with Gasteiger partial charge in [-0.25, -0.2) is 4.79 Å². The van der Waals surface area contributed by atoms with E-state index in [0.29, 0.717) is 5.92 Å². The van der Waals surface area contributed by atoms with E-state index in [1.807, 2.05) is 14.0 Å². The first-order chi connectivity index (χ1) is 13.5. The lowest BCUT2D eigenvalue weighted by atomic mass is 9.79. The first kappa shape index (κ1) is 21.9. The van der Waals surface area contributed by atoms with Crippen molar-refractivity contribution in [3.05, 3.63) is 35.4 Å². The van der Waals surface area contributed by atoms with E-state index in [1.165, 1.54) is 17.5 Å². The number of halogens is 1. The number of hydrogen-bond donors (Lipinski definition) is 3. The van der Waals surface area contributed by atoms with Gasteiger partial charge in [-0.3, -0.25) is 15.1 Å². The molecule has 2 aliphatic heterocycles. The fourth-order valence-electron chi connectivity index (χ4n) is 4.92. The number of benzene rings is 1. The van der Waals surface area contributed by atoms with Crippen LogP contribution in [0.5, 0.6) is 0 Å². The number of rotatable bonds is 3. The Bertz CT molecular complexity index is 806. The van der Waals surface area contributed by atoms with Crippen molar-refractivity contribution in [2.75, 3.05) is 26.7 Å². The van der Waals surface area contributed by atoms with E-state index in [2.05, 4.69) is 50.1 Å². The molecule has 2 unspecified atom stereocenters. The molecule has 0 spiro atoms. The zero-order valence-electron chi connectivity index (χ0n) is 17.0. The number of carbonyl (C=O) groups excluding carboxylic acids is 2. The van der Waals surface area contributed by atoms with Gasteiger partial charge in [0.1, 0.15) is 5.54 Å². The second kappa shape index (κ2) is 8.89. The number of hydrogen-bond acceptors (Lipinski definition) is 3. The molecule has 2 heterocycles. The van der Waals surface area contributed by atoms with E-state index in [1.54, 1.807) is 0 Å². The van der Waals surface area contributed by atoms with Crippen LogP contribution in [0.3, 0.4) is 0 Å². The number of nitrogens with zero attached hydrogens (tertiary/aromatic N) is 2. The number of amides is 3. The highest BCUT2D eigenvalue weighted by atomic mass is 127. The molecule has 3 N–H and O–H groups in total. The summed E-state index contributed by atoms with van der Waals surface area (Å²) in [5, 5.41) is 8.74. The summed E-state index contributed by atoms with van der Waals surface area (Å²) in [6.45, 7) is 4.37. The number of aliphatic imine (C=N–C) groups is 1. The van der Waals surface area contributed by atoms with Gasteiger partial charge in [-0.05, 0) is 49.7 Å². The molecule has 2 fully saturated rings. The average molecular weight is 511 g/mol. The molecular weight excluding hydrogens is 481 g/mol. The fourth-order valence-corrected chi connectivity index (χ4v) is 4.92. The van der Waals surface area contributed by atoms with Gasteiger partial charge < -0.3 is 15.5 Å². The maximum atomic E-state index is 12.2. The lowest BCUT2D eigenvalue weighted by Gasteiger charge is -2.39. The summed E-state index contributed by atoms with van der Waals surface area (Å²) < 4.78 is 0. The molecule has 0 bridgehead atoms. The highest BCUT2D eigenvalue weighted by Crippen LogP contribution is 2.33. The molecule has 4 rings (SSSR count). The minimum Gasteiger partial charge on any atom is -0.356 e. The van der Waals surface area contributed by atoms with E-state index in [9.17, 15) is 9.59 Å². The second-order valence-corrected chi connectivity index (χ2v) is 8.23. The lowest BCUT2D eigenvalue weighted by molar-refractivity contribution is -0.125. The summed E-state index contributed by atoms with van der Waals surface area (Å²) in [4.78, 5) is 30.5. The number of aryl methyl sites for hydroxylation is 1. The number of urea groups is 1. The molecule has 1 aromatic carbocycles. The van der Waals surface area contributed by atoms with E-state index in [4.69, 9.17) is 0 Å². The normalized spacial score (nSPS) is 27.2. The zero-order valence-corrected chi connectivity index (χ0v) is 19.4. The van der Waals surface area contributed by atoms with Crippen LogP contribution in [0.25, 0.3) is 0 Å². The molecule has 1 aromatic rings. The summed E-state index contributed by atoms with van der Waals surface area (Å²) in [7, 11) is 1.82. The van der Waals surface area contributed by atoms with Gasteiger partial charge in [0, 0.05) is 32.6 Å². The molecule has 8 heteroatoms. The van der Waals surface area contributed by atoms with Crippen molar-refractivity contribution in [2.24, 2.45) is 10.9 Å². The highest BCUT2D eigenvalue weighted by molar-refractivity contribution is 14.0. The largest absolute Gasteiger partial charge is 0.356 e. The van der Waals surface area contributed by atoms with Crippen LogP contribution in [0.15, 0.2) is 29.3 Å². The Morgan fingerprint density at radius 3 is 2.62 bits per heavy atom. The molecule has 0 aromatic heterocycles. The van der Waals surface area contributed by atoms with Crippen LogP contribution in [0.1, 0.15) is 43.2 Å². The Labute approximate surface area is 189 Å². The maximum Gasteiger partial charge on any atom is 0.322 e. The summed E-state index contributed by atoms with van der Waals surface area (Å²) in [5.41, 5.74) is 2.13. The van der Waals surface area contributed by atoms with Gasteiger partial charge in [0.05, 0.1) is 0 Å². The van der Waals surface area contributed by atoms with Crippen molar-refractivity contribution in [3.63, 3.8) is 0 Å². The molecule has 2 saturated heterocycles. The summed E-state index contributed by atoms with van der Waals surface area (Å²) in [6, 6.07) is 8.32. The average Bonchev–Trinajstić information content (AvgIpc) is 3.23. The Kier molecular flexibility index (Phi) is 6.70. The number of carbonyl (C=O) groups is 2. The van der Waals surface area contributed by atoms with Crippen molar-refractivity contribution in [2.45, 2.75) is 44.1 Å². The summed E-state index contributed by atoms with van der Waals surface area (Å²) in [5.74, 6) is 1.38. The molecule has 2 atom stereocenters. The molecule has 3 aliphatic rings. The van der Waals surface area contributed by atoms with Crippen LogP contribution in [0, 0.1) is 5.92 Å². The molecular formula is C21H30IN5O2. The molecule has 7 nitrogen and oxygen atoms in total. The first-order valence-corrected chi connectivity index (χ1v) is 10.2. The quantitative estimate of drug-likeness (QED) is 0.252. The number of fused-ring (bicyclic) bond motifs is 1. The Balaban J connectivity index is 0.00000240. The van der Waals surface area contributed by atoms with Gasteiger partial charge in [0.25, 0.3) is 5.91 Å². The third kappa shape index (κ3) is 4.22. The Morgan fingerprint density at radius 1 is 1.24 bits per heavy atom. The predicted octanol–water partition coefficient (Wildman–Crippen LogP) is 2.22. The Hall–Kier alpha value is -1.84. The van der Waals surface area contributed by atoms with E-state index < -0.39 is 5.54 Å². The van der Waals surface area contributed by atoms with Crippen LogP contribution in [0.2, 0.25) is 0 Å². The van der Waals surface area contributed by atoms with E-state index >= 15 is 0 Å². The van der Waals surface area contributed by atoms with Crippen molar-refractivity contribution in [3.8, 4) is 0 Å².